The van der Waals surface area contributed by atoms with Crippen molar-refractivity contribution in [2.45, 2.75) is 12.0 Å². The van der Waals surface area contributed by atoms with Crippen molar-refractivity contribution in [2.24, 2.45) is 5.73 Å². The molecule has 1 unspecified atom stereocenters. The van der Waals surface area contributed by atoms with E-state index in [9.17, 15) is 4.39 Å². The number of hydrogen-bond donors (Lipinski definition) is 2. The minimum Gasteiger partial charge on any atom is -0.376 e. The van der Waals surface area contributed by atoms with Gasteiger partial charge in [0, 0.05) is 12.3 Å². The zero-order chi connectivity index (χ0) is 11.6. The van der Waals surface area contributed by atoms with Gasteiger partial charge < -0.3 is 11.1 Å². The van der Waals surface area contributed by atoms with Gasteiger partial charge in [0.05, 0.1) is 16.2 Å². The predicted molar refractivity (Wildman–Crippen MR) is 68.8 cm³/mol. The predicted octanol–water partition coefficient (Wildman–Crippen LogP) is 2.73. The van der Waals surface area contributed by atoms with Crippen LogP contribution in [0.25, 0.3) is 0 Å². The summed E-state index contributed by atoms with van der Waals surface area (Å²) in [5.74, 6) is 1.73. The Kier molecular flexibility index (Phi) is 3.62. The lowest BCUT2D eigenvalue weighted by atomic mass is 9.99. The second-order valence-electron chi connectivity index (χ2n) is 4.04. The molecule has 2 nitrogen and oxygen atoms in total. The van der Waals surface area contributed by atoms with E-state index in [1.54, 1.807) is 6.07 Å². The van der Waals surface area contributed by atoms with Crippen LogP contribution in [0.15, 0.2) is 18.2 Å². The Morgan fingerprint density at radius 3 is 3.00 bits per heavy atom. The molecule has 0 radical (unpaired) electrons. The van der Waals surface area contributed by atoms with Crippen LogP contribution in [0.3, 0.4) is 0 Å². The summed E-state index contributed by atoms with van der Waals surface area (Å²) in [7, 11) is 0. The standard InChI is InChI=1S/C11H14ClFN2S/c12-9-2-1-8(13)5-10(9)15-11(6-14)3-4-16-7-11/h1-2,5,15H,3-4,6-7,14H2. The van der Waals surface area contributed by atoms with Gasteiger partial charge in [0.2, 0.25) is 0 Å². The third-order valence-electron chi connectivity index (χ3n) is 2.82. The first-order valence-electron chi connectivity index (χ1n) is 5.16. The molecule has 1 atom stereocenters. The maximum Gasteiger partial charge on any atom is 0.125 e. The number of hydrogen-bond acceptors (Lipinski definition) is 3. The maximum atomic E-state index is 13.1. The second-order valence-corrected chi connectivity index (χ2v) is 5.55. The van der Waals surface area contributed by atoms with Crippen molar-refractivity contribution in [3.63, 3.8) is 0 Å². The molecule has 5 heteroatoms. The van der Waals surface area contributed by atoms with Crippen molar-refractivity contribution in [3.8, 4) is 0 Å². The molecular weight excluding hydrogens is 247 g/mol. The Balaban J connectivity index is 2.21. The molecule has 1 aliphatic rings. The minimum atomic E-state index is -0.287. The van der Waals surface area contributed by atoms with Crippen LogP contribution in [-0.4, -0.2) is 23.6 Å². The summed E-state index contributed by atoms with van der Waals surface area (Å²) < 4.78 is 13.1. The molecule has 0 aromatic heterocycles. The molecule has 88 valence electrons. The fourth-order valence-electron chi connectivity index (χ4n) is 1.80. The van der Waals surface area contributed by atoms with Crippen LogP contribution in [0, 0.1) is 5.82 Å². The number of rotatable bonds is 3. The van der Waals surface area contributed by atoms with Gasteiger partial charge in [-0.15, -0.1) is 0 Å². The van der Waals surface area contributed by atoms with E-state index >= 15 is 0 Å². The van der Waals surface area contributed by atoms with E-state index in [1.165, 1.54) is 12.1 Å². The van der Waals surface area contributed by atoms with Crippen molar-refractivity contribution in [1.82, 2.24) is 0 Å². The highest BCUT2D eigenvalue weighted by Crippen LogP contribution is 2.33. The summed E-state index contributed by atoms with van der Waals surface area (Å²) in [5, 5.41) is 3.83. The number of benzene rings is 1. The first kappa shape index (κ1) is 12.0. The van der Waals surface area contributed by atoms with E-state index < -0.39 is 0 Å². The Labute approximate surface area is 104 Å². The number of nitrogens with one attached hydrogen (secondary N) is 1. The molecular formula is C11H14ClFN2S. The van der Waals surface area contributed by atoms with E-state index in [0.29, 0.717) is 17.3 Å². The van der Waals surface area contributed by atoms with Crippen molar-refractivity contribution in [2.75, 3.05) is 23.4 Å². The van der Waals surface area contributed by atoms with Crippen LogP contribution in [-0.2, 0) is 0 Å². The van der Waals surface area contributed by atoms with E-state index in [2.05, 4.69) is 5.32 Å². The minimum absolute atomic E-state index is 0.137. The van der Waals surface area contributed by atoms with Gasteiger partial charge in [-0.2, -0.15) is 11.8 Å². The van der Waals surface area contributed by atoms with E-state index in [1.807, 2.05) is 11.8 Å². The summed E-state index contributed by atoms with van der Waals surface area (Å²) in [6.45, 7) is 0.535. The van der Waals surface area contributed by atoms with Crippen molar-refractivity contribution in [3.05, 3.63) is 29.0 Å². The van der Waals surface area contributed by atoms with Crippen LogP contribution in [0.1, 0.15) is 6.42 Å². The number of anilines is 1. The number of nitrogens with two attached hydrogens (primary N) is 1. The highest BCUT2D eigenvalue weighted by Gasteiger charge is 2.33. The summed E-state index contributed by atoms with van der Waals surface area (Å²) in [6.07, 6.45) is 0.987. The van der Waals surface area contributed by atoms with E-state index in [4.69, 9.17) is 17.3 Å². The molecule has 1 heterocycles. The second kappa shape index (κ2) is 4.82. The van der Waals surface area contributed by atoms with Crippen LogP contribution in [0.2, 0.25) is 5.02 Å². The quantitative estimate of drug-likeness (QED) is 0.878. The third-order valence-corrected chi connectivity index (χ3v) is 4.40. The molecule has 1 aromatic carbocycles. The smallest absolute Gasteiger partial charge is 0.125 e. The highest BCUT2D eigenvalue weighted by molar-refractivity contribution is 7.99. The lowest BCUT2D eigenvalue weighted by molar-refractivity contribution is 0.536. The largest absolute Gasteiger partial charge is 0.376 e. The fraction of sp³-hybridized carbons (Fsp3) is 0.455. The molecule has 16 heavy (non-hydrogen) atoms. The van der Waals surface area contributed by atoms with Gasteiger partial charge in [0.1, 0.15) is 5.82 Å². The van der Waals surface area contributed by atoms with Gasteiger partial charge in [0.15, 0.2) is 0 Å². The summed E-state index contributed by atoms with van der Waals surface area (Å²) >= 11 is 7.87. The average molecular weight is 261 g/mol. The van der Waals surface area contributed by atoms with Crippen molar-refractivity contribution in [1.29, 1.82) is 0 Å². The molecule has 0 saturated carbocycles. The first-order valence-corrected chi connectivity index (χ1v) is 6.69. The van der Waals surface area contributed by atoms with Gasteiger partial charge in [-0.3, -0.25) is 0 Å². The van der Waals surface area contributed by atoms with Crippen LogP contribution < -0.4 is 11.1 Å². The molecule has 0 aliphatic carbocycles. The lowest BCUT2D eigenvalue weighted by Gasteiger charge is -2.29. The van der Waals surface area contributed by atoms with Gasteiger partial charge in [0.25, 0.3) is 0 Å². The molecule has 1 fully saturated rings. The molecule has 3 N–H and O–H groups in total. The van der Waals surface area contributed by atoms with Gasteiger partial charge in [-0.1, -0.05) is 11.6 Å². The fourth-order valence-corrected chi connectivity index (χ4v) is 3.37. The first-order chi connectivity index (χ1) is 7.65. The lowest BCUT2D eigenvalue weighted by Crippen LogP contribution is -2.45. The van der Waals surface area contributed by atoms with Gasteiger partial charge >= 0.3 is 0 Å². The van der Waals surface area contributed by atoms with Crippen LogP contribution in [0.5, 0.6) is 0 Å². The average Bonchev–Trinajstić information content (AvgIpc) is 2.73. The molecule has 0 spiro atoms. The zero-order valence-electron chi connectivity index (χ0n) is 8.80. The number of thioether (sulfide) groups is 1. The van der Waals surface area contributed by atoms with E-state index in [-0.39, 0.29) is 11.4 Å². The molecule has 1 aromatic rings. The zero-order valence-corrected chi connectivity index (χ0v) is 10.4. The van der Waals surface area contributed by atoms with Gasteiger partial charge in [-0.25, -0.2) is 4.39 Å². The summed E-state index contributed by atoms with van der Waals surface area (Å²) in [4.78, 5) is 0. The van der Waals surface area contributed by atoms with Crippen LogP contribution in [0.4, 0.5) is 10.1 Å². The Hall–Kier alpha value is -0.450. The molecule has 1 aliphatic heterocycles. The summed E-state index contributed by atoms with van der Waals surface area (Å²) in [6, 6.07) is 4.33. The Morgan fingerprint density at radius 1 is 1.56 bits per heavy atom. The molecule has 2 rings (SSSR count). The van der Waals surface area contributed by atoms with Gasteiger partial charge in [-0.05, 0) is 30.4 Å². The maximum absolute atomic E-state index is 13.1. The summed E-state index contributed by atoms with van der Waals surface area (Å²) in [5.41, 5.74) is 6.29. The van der Waals surface area contributed by atoms with Crippen molar-refractivity contribution >= 4 is 29.1 Å². The SMILES string of the molecule is NCC1(Nc2cc(F)ccc2Cl)CCSC1. The topological polar surface area (TPSA) is 38.0 Å². The van der Waals surface area contributed by atoms with Crippen molar-refractivity contribution < 1.29 is 4.39 Å². The Bertz CT molecular complexity index is 380. The third kappa shape index (κ3) is 2.44. The normalized spacial score (nSPS) is 24.7. The molecule has 0 bridgehead atoms. The molecule has 1 saturated heterocycles. The molecule has 0 amide bonds. The Morgan fingerprint density at radius 2 is 2.38 bits per heavy atom. The number of halogens is 2. The van der Waals surface area contributed by atoms with Crippen LogP contribution >= 0.6 is 23.4 Å². The van der Waals surface area contributed by atoms with E-state index in [0.717, 1.165) is 17.9 Å². The highest BCUT2D eigenvalue weighted by atomic mass is 35.5. The monoisotopic (exact) mass is 260 g/mol.